The van der Waals surface area contributed by atoms with Crippen molar-refractivity contribution in [1.29, 1.82) is 0 Å². The first kappa shape index (κ1) is 13.3. The number of likely N-dealkylation sites (N-methyl/N-ethyl adjacent to an activating group) is 1. The normalized spacial score (nSPS) is 22.2. The zero-order chi connectivity index (χ0) is 10.9. The summed E-state index contributed by atoms with van der Waals surface area (Å²) in [5, 5.41) is 0. The SMILES string of the molecule is CN(CCOCCS)CC1CCCCO1. The fourth-order valence-corrected chi connectivity index (χ4v) is 1.91. The van der Waals surface area contributed by atoms with Crippen molar-refractivity contribution in [3.8, 4) is 0 Å². The van der Waals surface area contributed by atoms with Crippen molar-refractivity contribution in [2.24, 2.45) is 0 Å². The van der Waals surface area contributed by atoms with E-state index >= 15 is 0 Å². The zero-order valence-corrected chi connectivity index (χ0v) is 10.5. The lowest BCUT2D eigenvalue weighted by Gasteiger charge is -2.27. The van der Waals surface area contributed by atoms with Gasteiger partial charge in [-0.25, -0.2) is 0 Å². The predicted octanol–water partition coefficient (Wildman–Crippen LogP) is 1.43. The summed E-state index contributed by atoms with van der Waals surface area (Å²) in [5.41, 5.74) is 0. The van der Waals surface area contributed by atoms with Gasteiger partial charge in [-0.3, -0.25) is 0 Å². The molecule has 0 aromatic heterocycles. The van der Waals surface area contributed by atoms with E-state index in [9.17, 15) is 0 Å². The molecular weight excluding hydrogens is 210 g/mol. The Morgan fingerprint density at radius 2 is 2.27 bits per heavy atom. The van der Waals surface area contributed by atoms with Crippen LogP contribution in [0.15, 0.2) is 0 Å². The summed E-state index contributed by atoms with van der Waals surface area (Å²) in [6.07, 6.45) is 4.19. The molecule has 0 aromatic carbocycles. The van der Waals surface area contributed by atoms with Crippen LogP contribution in [0, 0.1) is 0 Å². The van der Waals surface area contributed by atoms with Gasteiger partial charge in [0.05, 0.1) is 19.3 Å². The first-order valence-electron chi connectivity index (χ1n) is 5.81. The Bertz CT molecular complexity index is 152. The molecule has 0 N–H and O–H groups in total. The number of nitrogens with zero attached hydrogens (tertiary/aromatic N) is 1. The maximum absolute atomic E-state index is 5.68. The highest BCUT2D eigenvalue weighted by Crippen LogP contribution is 2.13. The number of rotatable bonds is 7. The lowest BCUT2D eigenvalue weighted by molar-refractivity contribution is -0.00527. The fraction of sp³-hybridized carbons (Fsp3) is 1.00. The van der Waals surface area contributed by atoms with Crippen molar-refractivity contribution in [2.45, 2.75) is 25.4 Å². The molecule has 1 heterocycles. The van der Waals surface area contributed by atoms with Gasteiger partial charge in [-0.2, -0.15) is 12.6 Å². The van der Waals surface area contributed by atoms with E-state index < -0.39 is 0 Å². The highest BCUT2D eigenvalue weighted by Gasteiger charge is 2.15. The van der Waals surface area contributed by atoms with Gasteiger partial charge in [-0.1, -0.05) is 0 Å². The topological polar surface area (TPSA) is 21.7 Å². The van der Waals surface area contributed by atoms with Crippen LogP contribution in [0.3, 0.4) is 0 Å². The Morgan fingerprint density at radius 1 is 1.40 bits per heavy atom. The van der Waals surface area contributed by atoms with Gasteiger partial charge in [0, 0.05) is 25.4 Å². The zero-order valence-electron chi connectivity index (χ0n) is 9.65. The van der Waals surface area contributed by atoms with Crippen molar-refractivity contribution in [3.63, 3.8) is 0 Å². The molecule has 0 aliphatic carbocycles. The second-order valence-corrected chi connectivity index (χ2v) is 4.53. The third-order valence-electron chi connectivity index (χ3n) is 2.64. The first-order chi connectivity index (χ1) is 7.33. The number of thiol groups is 1. The Kier molecular flexibility index (Phi) is 7.44. The molecule has 1 fully saturated rings. The maximum Gasteiger partial charge on any atom is 0.0701 e. The standard InChI is InChI=1S/C11H23NO2S/c1-12(5-7-13-8-9-15)10-11-4-2-3-6-14-11/h11,15H,2-10H2,1H3. The summed E-state index contributed by atoms with van der Waals surface area (Å²) in [4.78, 5) is 2.29. The van der Waals surface area contributed by atoms with Gasteiger partial charge in [0.1, 0.15) is 0 Å². The molecule has 1 saturated heterocycles. The minimum atomic E-state index is 0.439. The van der Waals surface area contributed by atoms with E-state index in [4.69, 9.17) is 9.47 Å². The molecule has 1 unspecified atom stereocenters. The third kappa shape index (κ3) is 6.40. The Balaban J connectivity index is 1.98. The molecule has 0 bridgehead atoms. The molecule has 0 radical (unpaired) electrons. The summed E-state index contributed by atoms with van der Waals surface area (Å²) in [6, 6.07) is 0. The largest absolute Gasteiger partial charge is 0.379 e. The lowest BCUT2D eigenvalue weighted by atomic mass is 10.1. The minimum absolute atomic E-state index is 0.439. The second kappa shape index (κ2) is 8.39. The number of hydrogen-bond acceptors (Lipinski definition) is 4. The Labute approximate surface area is 98.5 Å². The Morgan fingerprint density at radius 3 is 2.93 bits per heavy atom. The number of ether oxygens (including phenoxy) is 2. The first-order valence-corrected chi connectivity index (χ1v) is 6.45. The van der Waals surface area contributed by atoms with Gasteiger partial charge in [0.15, 0.2) is 0 Å². The van der Waals surface area contributed by atoms with Gasteiger partial charge < -0.3 is 14.4 Å². The second-order valence-electron chi connectivity index (χ2n) is 4.09. The van der Waals surface area contributed by atoms with Gasteiger partial charge in [-0.15, -0.1) is 0 Å². The molecule has 90 valence electrons. The van der Waals surface area contributed by atoms with Crippen LogP contribution in [0.2, 0.25) is 0 Å². The van der Waals surface area contributed by atoms with Crippen LogP contribution in [-0.4, -0.2) is 56.7 Å². The van der Waals surface area contributed by atoms with Crippen molar-refractivity contribution in [3.05, 3.63) is 0 Å². The van der Waals surface area contributed by atoms with Crippen LogP contribution < -0.4 is 0 Å². The van der Waals surface area contributed by atoms with Gasteiger partial charge in [-0.05, 0) is 26.3 Å². The average molecular weight is 233 g/mol. The lowest BCUT2D eigenvalue weighted by Crippen LogP contribution is -2.35. The summed E-state index contributed by atoms with van der Waals surface area (Å²) in [6.45, 7) is 4.49. The summed E-state index contributed by atoms with van der Waals surface area (Å²) in [5.74, 6) is 0.801. The molecule has 0 spiro atoms. The van der Waals surface area contributed by atoms with Crippen LogP contribution in [0.5, 0.6) is 0 Å². The van der Waals surface area contributed by atoms with Crippen molar-refractivity contribution in [2.75, 3.05) is 45.7 Å². The van der Waals surface area contributed by atoms with Crippen LogP contribution in [0.25, 0.3) is 0 Å². The van der Waals surface area contributed by atoms with E-state index in [0.717, 1.165) is 38.7 Å². The van der Waals surface area contributed by atoms with Gasteiger partial charge >= 0.3 is 0 Å². The van der Waals surface area contributed by atoms with Crippen LogP contribution >= 0.6 is 12.6 Å². The molecule has 1 atom stereocenters. The minimum Gasteiger partial charge on any atom is -0.379 e. The maximum atomic E-state index is 5.68. The van der Waals surface area contributed by atoms with E-state index in [1.165, 1.54) is 19.3 Å². The molecule has 4 heteroatoms. The predicted molar refractivity (Wildman–Crippen MR) is 65.8 cm³/mol. The summed E-state index contributed by atoms with van der Waals surface area (Å²) < 4.78 is 11.1. The third-order valence-corrected chi connectivity index (χ3v) is 2.82. The Hall–Kier alpha value is 0.230. The molecule has 0 saturated carbocycles. The molecule has 0 aromatic rings. The van der Waals surface area contributed by atoms with Crippen molar-refractivity contribution >= 4 is 12.6 Å². The molecule has 1 aliphatic heterocycles. The summed E-state index contributed by atoms with van der Waals surface area (Å²) in [7, 11) is 2.13. The van der Waals surface area contributed by atoms with E-state index in [1.54, 1.807) is 0 Å². The average Bonchev–Trinajstić information content (AvgIpc) is 2.26. The molecule has 0 amide bonds. The number of hydrogen-bond donors (Lipinski definition) is 1. The fourth-order valence-electron chi connectivity index (χ4n) is 1.78. The van der Waals surface area contributed by atoms with Crippen LogP contribution in [0.4, 0.5) is 0 Å². The monoisotopic (exact) mass is 233 g/mol. The van der Waals surface area contributed by atoms with Gasteiger partial charge in [0.25, 0.3) is 0 Å². The van der Waals surface area contributed by atoms with E-state index in [-0.39, 0.29) is 0 Å². The molecular formula is C11H23NO2S. The van der Waals surface area contributed by atoms with Crippen LogP contribution in [0.1, 0.15) is 19.3 Å². The van der Waals surface area contributed by atoms with E-state index in [0.29, 0.717) is 6.10 Å². The smallest absolute Gasteiger partial charge is 0.0701 e. The van der Waals surface area contributed by atoms with Crippen molar-refractivity contribution < 1.29 is 9.47 Å². The molecule has 1 rings (SSSR count). The van der Waals surface area contributed by atoms with Crippen LogP contribution in [-0.2, 0) is 9.47 Å². The highest BCUT2D eigenvalue weighted by molar-refractivity contribution is 7.80. The van der Waals surface area contributed by atoms with E-state index in [1.807, 2.05) is 0 Å². The summed E-state index contributed by atoms with van der Waals surface area (Å²) >= 11 is 4.09. The quantitative estimate of drug-likeness (QED) is 0.531. The molecule has 1 aliphatic rings. The van der Waals surface area contributed by atoms with Gasteiger partial charge in [0.2, 0.25) is 0 Å². The van der Waals surface area contributed by atoms with E-state index in [2.05, 4.69) is 24.6 Å². The highest BCUT2D eigenvalue weighted by atomic mass is 32.1. The molecule has 15 heavy (non-hydrogen) atoms. The molecule has 3 nitrogen and oxygen atoms in total. The van der Waals surface area contributed by atoms with Crippen molar-refractivity contribution in [1.82, 2.24) is 4.90 Å².